The molecule has 0 unspecified atom stereocenters. The van der Waals surface area contributed by atoms with Gasteiger partial charge in [-0.3, -0.25) is 0 Å². The van der Waals surface area contributed by atoms with Crippen molar-refractivity contribution in [2.45, 2.75) is 19.9 Å². The highest BCUT2D eigenvalue weighted by Gasteiger charge is 2.20. The second-order valence-electron chi connectivity index (χ2n) is 4.02. The van der Waals surface area contributed by atoms with Crippen molar-refractivity contribution in [2.24, 2.45) is 5.73 Å². The molecular weight excluding hydrogens is 326 g/mol. The van der Waals surface area contributed by atoms with E-state index in [2.05, 4.69) is 26.1 Å². The maximum atomic E-state index is 5.49. The summed E-state index contributed by atoms with van der Waals surface area (Å²) in [7, 11) is 3.18. The maximum Gasteiger partial charge on any atom is 0.240 e. The summed E-state index contributed by atoms with van der Waals surface area (Å²) in [5.41, 5.74) is 7.35. The largest absolute Gasteiger partial charge is 0.493 e. The Bertz CT molecular complexity index is 613. The lowest BCUT2D eigenvalue weighted by atomic mass is 10.0. The smallest absolute Gasteiger partial charge is 0.240 e. The molecule has 0 bridgehead atoms. The molecule has 0 aliphatic rings. The minimum atomic E-state index is 0.211. The molecule has 0 aliphatic carbocycles. The monoisotopic (exact) mass is 341 g/mol. The van der Waals surface area contributed by atoms with Crippen LogP contribution in [0.15, 0.2) is 15.1 Å². The zero-order chi connectivity index (χ0) is 14.7. The van der Waals surface area contributed by atoms with Crippen LogP contribution in [-0.2, 0) is 13.0 Å². The Kier molecular flexibility index (Phi) is 4.61. The van der Waals surface area contributed by atoms with E-state index in [1.807, 2.05) is 13.0 Å². The molecule has 7 heteroatoms. The van der Waals surface area contributed by atoms with Crippen molar-refractivity contribution < 1.29 is 14.0 Å². The lowest BCUT2D eigenvalue weighted by Gasteiger charge is -2.15. The van der Waals surface area contributed by atoms with Crippen LogP contribution in [0.25, 0.3) is 11.4 Å². The quantitative estimate of drug-likeness (QED) is 0.899. The van der Waals surface area contributed by atoms with E-state index in [-0.39, 0.29) is 6.54 Å². The van der Waals surface area contributed by atoms with Gasteiger partial charge in [-0.15, -0.1) is 0 Å². The Labute approximate surface area is 125 Å². The molecule has 0 atom stereocenters. The summed E-state index contributed by atoms with van der Waals surface area (Å²) in [4.78, 5) is 4.26. The van der Waals surface area contributed by atoms with Crippen molar-refractivity contribution in [2.75, 3.05) is 14.2 Å². The molecule has 20 heavy (non-hydrogen) atoms. The predicted molar refractivity (Wildman–Crippen MR) is 77.8 cm³/mol. The molecule has 1 aromatic carbocycles. The summed E-state index contributed by atoms with van der Waals surface area (Å²) in [5.74, 6) is 2.14. The van der Waals surface area contributed by atoms with Gasteiger partial charge in [-0.05, 0) is 34.0 Å². The first-order valence-corrected chi connectivity index (χ1v) is 6.91. The van der Waals surface area contributed by atoms with Crippen molar-refractivity contribution in [3.63, 3.8) is 0 Å². The SMILES string of the molecule is CCc1c(-c2noc(CN)n2)cc(OC)c(OC)c1Br. The fraction of sp³-hybridized carbons (Fsp3) is 0.385. The van der Waals surface area contributed by atoms with E-state index in [0.29, 0.717) is 23.2 Å². The molecule has 2 N–H and O–H groups in total. The number of hydrogen-bond acceptors (Lipinski definition) is 6. The second-order valence-corrected chi connectivity index (χ2v) is 4.81. The van der Waals surface area contributed by atoms with Gasteiger partial charge in [0.15, 0.2) is 11.5 Å². The van der Waals surface area contributed by atoms with Crippen molar-refractivity contribution in [1.29, 1.82) is 0 Å². The number of methoxy groups -OCH3 is 2. The molecule has 6 nitrogen and oxygen atoms in total. The molecule has 108 valence electrons. The summed E-state index contributed by atoms with van der Waals surface area (Å²) in [6, 6.07) is 1.84. The van der Waals surface area contributed by atoms with Crippen LogP contribution in [-0.4, -0.2) is 24.4 Å². The highest BCUT2D eigenvalue weighted by Crippen LogP contribution is 2.42. The minimum Gasteiger partial charge on any atom is -0.493 e. The highest BCUT2D eigenvalue weighted by molar-refractivity contribution is 9.10. The van der Waals surface area contributed by atoms with E-state index < -0.39 is 0 Å². The van der Waals surface area contributed by atoms with Gasteiger partial charge in [-0.25, -0.2) is 0 Å². The van der Waals surface area contributed by atoms with Gasteiger partial charge in [0.05, 0.1) is 25.2 Å². The van der Waals surface area contributed by atoms with E-state index in [0.717, 1.165) is 22.0 Å². The number of aromatic nitrogens is 2. The van der Waals surface area contributed by atoms with Gasteiger partial charge in [-0.1, -0.05) is 12.1 Å². The van der Waals surface area contributed by atoms with Crippen LogP contribution < -0.4 is 15.2 Å². The normalized spacial score (nSPS) is 10.7. The first-order valence-electron chi connectivity index (χ1n) is 6.12. The van der Waals surface area contributed by atoms with Crippen LogP contribution in [0.2, 0.25) is 0 Å². The topological polar surface area (TPSA) is 83.4 Å². The molecule has 0 spiro atoms. The van der Waals surface area contributed by atoms with Crippen LogP contribution in [0, 0.1) is 0 Å². The van der Waals surface area contributed by atoms with Crippen LogP contribution in [0.4, 0.5) is 0 Å². The molecule has 0 saturated heterocycles. The van der Waals surface area contributed by atoms with Crippen molar-refractivity contribution >= 4 is 15.9 Å². The van der Waals surface area contributed by atoms with Gasteiger partial charge < -0.3 is 19.7 Å². The van der Waals surface area contributed by atoms with Gasteiger partial charge >= 0.3 is 0 Å². The fourth-order valence-corrected chi connectivity index (χ4v) is 2.83. The number of rotatable bonds is 5. The van der Waals surface area contributed by atoms with Crippen LogP contribution in [0.3, 0.4) is 0 Å². The van der Waals surface area contributed by atoms with Crippen LogP contribution >= 0.6 is 15.9 Å². The van der Waals surface area contributed by atoms with Gasteiger partial charge in [0.2, 0.25) is 11.7 Å². The molecule has 1 heterocycles. The molecule has 2 aromatic rings. The van der Waals surface area contributed by atoms with E-state index in [4.69, 9.17) is 19.7 Å². The Morgan fingerprint density at radius 2 is 2.10 bits per heavy atom. The van der Waals surface area contributed by atoms with E-state index in [1.54, 1.807) is 14.2 Å². The number of benzene rings is 1. The lowest BCUT2D eigenvalue weighted by molar-refractivity contribution is 0.352. The first kappa shape index (κ1) is 14.8. The van der Waals surface area contributed by atoms with E-state index in [1.165, 1.54) is 0 Å². The van der Waals surface area contributed by atoms with Gasteiger partial charge in [0.1, 0.15) is 0 Å². The summed E-state index contributed by atoms with van der Waals surface area (Å²) in [6.45, 7) is 2.25. The summed E-state index contributed by atoms with van der Waals surface area (Å²) >= 11 is 3.55. The average molecular weight is 342 g/mol. The maximum absolute atomic E-state index is 5.49. The van der Waals surface area contributed by atoms with Gasteiger partial charge in [0.25, 0.3) is 0 Å². The zero-order valence-corrected chi connectivity index (χ0v) is 13.2. The Morgan fingerprint density at radius 3 is 2.60 bits per heavy atom. The highest BCUT2D eigenvalue weighted by atomic mass is 79.9. The number of nitrogens with zero attached hydrogens (tertiary/aromatic N) is 2. The number of ether oxygens (including phenoxy) is 2. The van der Waals surface area contributed by atoms with Crippen molar-refractivity contribution in [1.82, 2.24) is 10.1 Å². The third-order valence-electron chi connectivity index (χ3n) is 2.95. The first-order chi connectivity index (χ1) is 9.65. The second kappa shape index (κ2) is 6.23. The molecule has 0 fully saturated rings. The number of hydrogen-bond donors (Lipinski definition) is 1. The molecule has 1 aromatic heterocycles. The molecule has 0 aliphatic heterocycles. The summed E-state index contributed by atoms with van der Waals surface area (Å²) < 4.78 is 16.6. The Hall–Kier alpha value is -1.60. The number of halogens is 1. The third-order valence-corrected chi connectivity index (χ3v) is 3.79. The van der Waals surface area contributed by atoms with E-state index >= 15 is 0 Å². The van der Waals surface area contributed by atoms with Crippen LogP contribution in [0.1, 0.15) is 18.4 Å². The molecular formula is C13H16BrN3O3. The molecule has 2 rings (SSSR count). The van der Waals surface area contributed by atoms with Crippen molar-refractivity contribution in [3.8, 4) is 22.9 Å². The zero-order valence-electron chi connectivity index (χ0n) is 11.6. The summed E-state index contributed by atoms with van der Waals surface area (Å²) in [6.07, 6.45) is 0.781. The standard InChI is InChI=1S/C13H16BrN3O3/c1-4-7-8(13-16-10(6-15)20-17-13)5-9(18-2)12(19-3)11(7)14/h5H,4,6,15H2,1-3H3. The minimum absolute atomic E-state index is 0.211. The van der Waals surface area contributed by atoms with Crippen LogP contribution in [0.5, 0.6) is 11.5 Å². The van der Waals surface area contributed by atoms with E-state index in [9.17, 15) is 0 Å². The Balaban J connectivity index is 2.65. The number of nitrogens with two attached hydrogens (primary N) is 1. The molecule has 0 radical (unpaired) electrons. The molecule has 0 saturated carbocycles. The van der Waals surface area contributed by atoms with Crippen molar-refractivity contribution in [3.05, 3.63) is 22.0 Å². The Morgan fingerprint density at radius 1 is 1.35 bits per heavy atom. The molecule has 0 amide bonds. The fourth-order valence-electron chi connectivity index (χ4n) is 1.98. The third kappa shape index (κ3) is 2.51. The predicted octanol–water partition coefficient (Wildman–Crippen LogP) is 2.54. The van der Waals surface area contributed by atoms with Gasteiger partial charge in [0, 0.05) is 5.56 Å². The average Bonchev–Trinajstić information content (AvgIpc) is 2.94. The van der Waals surface area contributed by atoms with Gasteiger partial charge in [-0.2, -0.15) is 4.98 Å². The summed E-state index contributed by atoms with van der Waals surface area (Å²) in [5, 5.41) is 3.95. The lowest BCUT2D eigenvalue weighted by Crippen LogP contribution is -1.99.